The molecule has 0 fully saturated rings. The van der Waals surface area contributed by atoms with Crippen molar-refractivity contribution in [2.24, 2.45) is 0 Å². The number of rotatable bonds is 7. The van der Waals surface area contributed by atoms with E-state index in [-0.39, 0.29) is 22.9 Å². The molecule has 4 aromatic rings. The van der Waals surface area contributed by atoms with Crippen LogP contribution in [0.1, 0.15) is 35.6 Å². The molecule has 1 unspecified atom stereocenters. The summed E-state index contributed by atoms with van der Waals surface area (Å²) < 4.78 is 42.7. The molecule has 1 aliphatic rings. The first-order chi connectivity index (χ1) is 20.1. The molecule has 1 aliphatic carbocycles. The van der Waals surface area contributed by atoms with Gasteiger partial charge in [0, 0.05) is 17.3 Å². The second-order valence-electron chi connectivity index (χ2n) is 10.1. The lowest BCUT2D eigenvalue weighted by molar-refractivity contribution is -0.274. The van der Waals surface area contributed by atoms with E-state index < -0.39 is 6.36 Å². The van der Waals surface area contributed by atoms with Crippen molar-refractivity contribution in [1.82, 2.24) is 25.4 Å². The van der Waals surface area contributed by atoms with Crippen molar-refractivity contribution in [2.45, 2.75) is 51.9 Å². The van der Waals surface area contributed by atoms with Gasteiger partial charge in [-0.25, -0.2) is 14.5 Å². The Morgan fingerprint density at radius 3 is 2.57 bits per heavy atom. The van der Waals surface area contributed by atoms with E-state index in [1.165, 1.54) is 35.3 Å². The zero-order valence-electron chi connectivity index (χ0n) is 23.0. The minimum atomic E-state index is -4.75. The van der Waals surface area contributed by atoms with Crippen LogP contribution >= 0.6 is 12.2 Å². The number of aryl methyl sites for hydroxylation is 2. The fraction of sp³-hybridized carbons (Fsp3) is 0.267. The quantitative estimate of drug-likeness (QED) is 0.219. The van der Waals surface area contributed by atoms with Crippen LogP contribution in [0.5, 0.6) is 5.75 Å². The van der Waals surface area contributed by atoms with Crippen LogP contribution in [-0.2, 0) is 19.3 Å². The molecule has 3 N–H and O–H groups in total. The van der Waals surface area contributed by atoms with E-state index in [4.69, 9.17) is 12.2 Å². The number of hydrogen-bond donors (Lipinski definition) is 3. The van der Waals surface area contributed by atoms with Gasteiger partial charge in [0.1, 0.15) is 12.1 Å². The van der Waals surface area contributed by atoms with Crippen molar-refractivity contribution in [3.05, 3.63) is 89.2 Å². The van der Waals surface area contributed by atoms with E-state index in [2.05, 4.69) is 49.8 Å². The number of urea groups is 1. The molecule has 0 aliphatic heterocycles. The van der Waals surface area contributed by atoms with Crippen molar-refractivity contribution in [3.8, 4) is 22.8 Å². The molecule has 0 saturated heterocycles. The lowest BCUT2D eigenvalue weighted by Gasteiger charge is -2.16. The van der Waals surface area contributed by atoms with Gasteiger partial charge in [-0.15, -0.1) is 18.3 Å². The van der Waals surface area contributed by atoms with Gasteiger partial charge in [0.05, 0.1) is 5.69 Å². The number of carbonyl (C=O) groups excluding carboxylic acids is 1. The number of fused-ring (bicyclic) bond motifs is 1. The summed E-state index contributed by atoms with van der Waals surface area (Å²) in [4.78, 5) is 17.1. The molecular weight excluding hydrogens is 565 g/mol. The fourth-order valence-corrected chi connectivity index (χ4v) is 5.15. The van der Waals surface area contributed by atoms with E-state index in [1.54, 1.807) is 0 Å². The van der Waals surface area contributed by atoms with Crippen LogP contribution < -0.4 is 20.7 Å². The number of carbonyl (C=O) groups is 1. The van der Waals surface area contributed by atoms with Gasteiger partial charge in [-0.1, -0.05) is 37.6 Å². The maximum absolute atomic E-state index is 12.7. The summed E-state index contributed by atoms with van der Waals surface area (Å²) in [5.74, 6) is 0.158. The summed E-state index contributed by atoms with van der Waals surface area (Å²) in [5.41, 5.74) is 6.66. The highest BCUT2D eigenvalue weighted by Gasteiger charge is 2.31. The number of nitrogens with one attached hydrogen (secondary N) is 3. The summed E-state index contributed by atoms with van der Waals surface area (Å²) in [6.45, 7) is 4.12. The Morgan fingerprint density at radius 1 is 1.07 bits per heavy atom. The normalized spacial score (nSPS) is 14.3. The number of amides is 2. The number of ether oxygens (including phenoxy) is 1. The summed E-state index contributed by atoms with van der Waals surface area (Å²) in [7, 11) is 0. The van der Waals surface area contributed by atoms with Gasteiger partial charge < -0.3 is 15.4 Å². The Labute approximate surface area is 246 Å². The zero-order valence-corrected chi connectivity index (χ0v) is 23.8. The van der Waals surface area contributed by atoms with Crippen molar-refractivity contribution in [3.63, 3.8) is 0 Å². The minimum absolute atomic E-state index is 0.101. The van der Waals surface area contributed by atoms with E-state index in [0.717, 1.165) is 46.3 Å². The summed E-state index contributed by atoms with van der Waals surface area (Å²) >= 11 is 5.39. The second kappa shape index (κ2) is 12.2. The first-order valence-corrected chi connectivity index (χ1v) is 13.8. The van der Waals surface area contributed by atoms with Crippen LogP contribution in [0.3, 0.4) is 0 Å². The largest absolute Gasteiger partial charge is 0.573 e. The Kier molecular flexibility index (Phi) is 8.44. The number of thiocarbonyl (C=S) groups is 1. The Morgan fingerprint density at radius 2 is 1.83 bits per heavy atom. The summed E-state index contributed by atoms with van der Waals surface area (Å²) in [5, 5.41) is 13.6. The molecule has 8 nitrogen and oxygen atoms in total. The van der Waals surface area contributed by atoms with Gasteiger partial charge in [-0.3, -0.25) is 5.32 Å². The van der Waals surface area contributed by atoms with E-state index in [1.807, 2.05) is 31.2 Å². The first-order valence-electron chi connectivity index (χ1n) is 13.4. The molecule has 0 saturated carbocycles. The molecule has 0 bridgehead atoms. The smallest absolute Gasteiger partial charge is 0.406 e. The number of halogens is 3. The highest BCUT2D eigenvalue weighted by molar-refractivity contribution is 7.80. The Bertz CT molecular complexity index is 1600. The maximum Gasteiger partial charge on any atom is 0.573 e. The fourth-order valence-electron chi connectivity index (χ4n) is 4.95. The minimum Gasteiger partial charge on any atom is -0.406 e. The van der Waals surface area contributed by atoms with Crippen LogP contribution in [0.4, 0.5) is 23.7 Å². The van der Waals surface area contributed by atoms with Crippen LogP contribution in [0.2, 0.25) is 0 Å². The highest BCUT2D eigenvalue weighted by atomic mass is 32.1. The van der Waals surface area contributed by atoms with Gasteiger partial charge in [-0.2, -0.15) is 0 Å². The molecule has 1 heterocycles. The summed E-state index contributed by atoms with van der Waals surface area (Å²) in [6, 6.07) is 16.9. The molecule has 5 rings (SSSR count). The number of benzene rings is 3. The van der Waals surface area contributed by atoms with Gasteiger partial charge in [0.2, 0.25) is 0 Å². The van der Waals surface area contributed by atoms with Crippen molar-refractivity contribution in [1.29, 1.82) is 0 Å². The van der Waals surface area contributed by atoms with Gasteiger partial charge in [-0.05, 0) is 97.1 Å². The average Bonchev–Trinajstić information content (AvgIpc) is 3.56. The predicted octanol–water partition coefficient (Wildman–Crippen LogP) is 6.26. The van der Waals surface area contributed by atoms with Crippen LogP contribution in [0.25, 0.3) is 17.1 Å². The van der Waals surface area contributed by atoms with Crippen molar-refractivity contribution >= 4 is 29.0 Å². The molecule has 0 radical (unpaired) electrons. The number of aromatic nitrogens is 3. The standard InChI is InChI=1S/C30H29F3N6O2S/c1-3-4-19-6-5-18(2)13-26(19)36-29(42)37-28(40)35-23-15-20-7-8-21(14-22(20)16-23)27-34-17-39(38-27)24-9-11-25(12-10-24)41-30(31,32)33/h5-14,17,23H,3-4,15-16H2,1-2H3,(H3,35,36,37,40,42). The second-order valence-corrected chi connectivity index (χ2v) is 10.5. The van der Waals surface area contributed by atoms with E-state index in [9.17, 15) is 18.0 Å². The summed E-state index contributed by atoms with van der Waals surface area (Å²) in [6.07, 6.45) is -0.0397. The first kappa shape index (κ1) is 29.1. The number of anilines is 1. The highest BCUT2D eigenvalue weighted by Crippen LogP contribution is 2.28. The Hall–Kier alpha value is -4.45. The van der Waals surface area contributed by atoms with E-state index in [0.29, 0.717) is 24.4 Å². The van der Waals surface area contributed by atoms with Crippen LogP contribution in [0, 0.1) is 6.92 Å². The third-order valence-electron chi connectivity index (χ3n) is 6.82. The number of nitrogens with zero attached hydrogens (tertiary/aromatic N) is 3. The molecule has 1 atom stereocenters. The SMILES string of the molecule is CCCc1ccc(C)cc1NC(=S)NC(=O)NC1Cc2ccc(-c3ncn(-c4ccc(OC(F)(F)F)cc4)n3)cc2C1. The molecule has 218 valence electrons. The zero-order chi connectivity index (χ0) is 29.9. The van der Waals surface area contributed by atoms with Gasteiger partial charge in [0.15, 0.2) is 10.9 Å². The molecule has 2 amide bonds. The third kappa shape index (κ3) is 7.24. The van der Waals surface area contributed by atoms with E-state index >= 15 is 0 Å². The molecule has 0 spiro atoms. The molecular formula is C30H29F3N6O2S. The topological polar surface area (TPSA) is 93.1 Å². The lowest BCUT2D eigenvalue weighted by atomic mass is 10.1. The molecule has 3 aromatic carbocycles. The molecule has 12 heteroatoms. The average molecular weight is 595 g/mol. The molecule has 42 heavy (non-hydrogen) atoms. The predicted molar refractivity (Wildman–Crippen MR) is 158 cm³/mol. The van der Waals surface area contributed by atoms with Gasteiger partial charge >= 0.3 is 12.4 Å². The van der Waals surface area contributed by atoms with Crippen molar-refractivity contribution < 1.29 is 22.7 Å². The molecule has 1 aromatic heterocycles. The Balaban J connectivity index is 1.17. The maximum atomic E-state index is 12.7. The lowest BCUT2D eigenvalue weighted by Crippen LogP contribution is -2.46. The van der Waals surface area contributed by atoms with Crippen LogP contribution in [-0.4, -0.2) is 38.3 Å². The van der Waals surface area contributed by atoms with Gasteiger partial charge in [0.25, 0.3) is 0 Å². The van der Waals surface area contributed by atoms with Crippen molar-refractivity contribution in [2.75, 3.05) is 5.32 Å². The monoisotopic (exact) mass is 594 g/mol. The number of alkyl halides is 3. The number of hydrogen-bond acceptors (Lipinski definition) is 5. The van der Waals surface area contributed by atoms with Crippen LogP contribution in [0.15, 0.2) is 67.0 Å². The third-order valence-corrected chi connectivity index (χ3v) is 7.02.